The Morgan fingerprint density at radius 2 is 1.78 bits per heavy atom. The van der Waals surface area contributed by atoms with Crippen molar-refractivity contribution in [2.45, 2.75) is 26.5 Å². The monoisotopic (exact) mass is 375 g/mol. The number of aliphatic hydroxyl groups is 1. The Balaban J connectivity index is 1.41. The summed E-state index contributed by atoms with van der Waals surface area (Å²) in [4.78, 5) is 4.68. The zero-order chi connectivity index (χ0) is 19.2. The number of para-hydroxylation sites is 2. The Bertz CT molecular complexity index is 706. The summed E-state index contributed by atoms with van der Waals surface area (Å²) in [6.45, 7) is 9.45. The third kappa shape index (κ3) is 5.22. The molecule has 7 nitrogen and oxygen atoms in total. The number of benzene rings is 1. The second-order valence-electron chi connectivity index (χ2n) is 7.00. The molecule has 0 saturated carbocycles. The Morgan fingerprint density at radius 3 is 2.41 bits per heavy atom. The number of hydrogen-bond donors (Lipinski definition) is 1. The van der Waals surface area contributed by atoms with E-state index in [1.54, 1.807) is 7.11 Å². The second kappa shape index (κ2) is 9.21. The van der Waals surface area contributed by atoms with Crippen LogP contribution >= 0.6 is 0 Å². The summed E-state index contributed by atoms with van der Waals surface area (Å²) in [6.07, 6.45) is -0.538. The molecule has 7 heteroatoms. The van der Waals surface area contributed by atoms with Crippen LogP contribution in [0.25, 0.3) is 0 Å². The SMILES string of the molecule is COc1ccccc1OC[C@H](O)CN1CCN(Cc2c(C)noc2C)CC1. The molecule has 0 aliphatic carbocycles. The molecule has 1 aromatic heterocycles. The van der Waals surface area contributed by atoms with Gasteiger partial charge in [-0.15, -0.1) is 0 Å². The van der Waals surface area contributed by atoms with E-state index in [2.05, 4.69) is 15.0 Å². The summed E-state index contributed by atoms with van der Waals surface area (Å²) in [5, 5.41) is 14.4. The van der Waals surface area contributed by atoms with Gasteiger partial charge in [-0.25, -0.2) is 0 Å². The van der Waals surface area contributed by atoms with E-state index in [4.69, 9.17) is 14.0 Å². The molecule has 2 aromatic rings. The predicted molar refractivity (Wildman–Crippen MR) is 102 cm³/mol. The van der Waals surface area contributed by atoms with E-state index in [1.165, 1.54) is 5.56 Å². The molecule has 0 unspecified atom stereocenters. The van der Waals surface area contributed by atoms with Crippen molar-refractivity contribution in [2.75, 3.05) is 46.4 Å². The average Bonchev–Trinajstić information content (AvgIpc) is 3.00. The van der Waals surface area contributed by atoms with Gasteiger partial charge < -0.3 is 19.1 Å². The lowest BCUT2D eigenvalue weighted by Crippen LogP contribution is -2.48. The zero-order valence-electron chi connectivity index (χ0n) is 16.4. The first-order chi connectivity index (χ1) is 13.1. The van der Waals surface area contributed by atoms with Crippen LogP contribution in [0.4, 0.5) is 0 Å². The molecule has 148 valence electrons. The lowest BCUT2D eigenvalue weighted by atomic mass is 10.1. The van der Waals surface area contributed by atoms with Crippen LogP contribution < -0.4 is 9.47 Å². The molecule has 0 amide bonds. The molecule has 0 radical (unpaired) electrons. The molecule has 1 aromatic carbocycles. The summed E-state index contributed by atoms with van der Waals surface area (Å²) < 4.78 is 16.2. The molecule has 1 saturated heterocycles. The van der Waals surface area contributed by atoms with Crippen LogP contribution in [0, 0.1) is 13.8 Å². The molecule has 1 atom stereocenters. The molecule has 1 aliphatic heterocycles. The normalized spacial score (nSPS) is 17.0. The molecule has 1 fully saturated rings. The number of aliphatic hydroxyl groups excluding tert-OH is 1. The van der Waals surface area contributed by atoms with Crippen molar-refractivity contribution in [1.82, 2.24) is 15.0 Å². The summed E-state index contributed by atoms with van der Waals surface area (Å²) in [7, 11) is 1.61. The van der Waals surface area contributed by atoms with Gasteiger partial charge >= 0.3 is 0 Å². The maximum absolute atomic E-state index is 10.3. The summed E-state index contributed by atoms with van der Waals surface area (Å²) in [5.41, 5.74) is 2.16. The predicted octanol–water partition coefficient (Wildman–Crippen LogP) is 1.86. The van der Waals surface area contributed by atoms with Crippen LogP contribution in [0.5, 0.6) is 11.5 Å². The number of rotatable bonds is 8. The van der Waals surface area contributed by atoms with Crippen molar-refractivity contribution in [2.24, 2.45) is 0 Å². The van der Waals surface area contributed by atoms with Gasteiger partial charge in [-0.1, -0.05) is 17.3 Å². The molecular formula is C20H29N3O4. The lowest BCUT2D eigenvalue weighted by molar-refractivity contribution is 0.0439. The van der Waals surface area contributed by atoms with E-state index in [9.17, 15) is 5.11 Å². The van der Waals surface area contributed by atoms with Crippen molar-refractivity contribution < 1.29 is 19.1 Å². The number of ether oxygens (including phenoxy) is 2. The highest BCUT2D eigenvalue weighted by atomic mass is 16.5. The van der Waals surface area contributed by atoms with Crippen molar-refractivity contribution >= 4 is 0 Å². The van der Waals surface area contributed by atoms with E-state index in [0.717, 1.165) is 44.2 Å². The Kier molecular flexibility index (Phi) is 6.71. The fourth-order valence-corrected chi connectivity index (χ4v) is 3.36. The topological polar surface area (TPSA) is 71.2 Å². The van der Waals surface area contributed by atoms with E-state index in [1.807, 2.05) is 38.1 Å². The highest BCUT2D eigenvalue weighted by Crippen LogP contribution is 2.25. The quantitative estimate of drug-likeness (QED) is 0.755. The second-order valence-corrected chi connectivity index (χ2v) is 7.00. The Labute approximate surface area is 160 Å². The minimum Gasteiger partial charge on any atom is -0.493 e. The summed E-state index contributed by atoms with van der Waals surface area (Å²) in [5.74, 6) is 2.24. The number of aryl methyl sites for hydroxylation is 2. The van der Waals surface area contributed by atoms with E-state index in [-0.39, 0.29) is 6.61 Å². The van der Waals surface area contributed by atoms with Gasteiger partial charge in [-0.2, -0.15) is 0 Å². The first-order valence-electron chi connectivity index (χ1n) is 9.37. The summed E-state index contributed by atoms with van der Waals surface area (Å²) >= 11 is 0. The van der Waals surface area contributed by atoms with E-state index in [0.29, 0.717) is 18.0 Å². The van der Waals surface area contributed by atoms with Gasteiger partial charge in [-0.3, -0.25) is 9.80 Å². The third-order valence-corrected chi connectivity index (χ3v) is 5.00. The number of piperazine rings is 1. The lowest BCUT2D eigenvalue weighted by Gasteiger charge is -2.35. The Morgan fingerprint density at radius 1 is 1.11 bits per heavy atom. The van der Waals surface area contributed by atoms with Gasteiger partial charge in [0.15, 0.2) is 11.5 Å². The van der Waals surface area contributed by atoms with Crippen LogP contribution in [0.15, 0.2) is 28.8 Å². The minimum atomic E-state index is -0.538. The van der Waals surface area contributed by atoms with Crippen LogP contribution in [-0.4, -0.2) is 72.6 Å². The first-order valence-corrected chi connectivity index (χ1v) is 9.37. The van der Waals surface area contributed by atoms with Crippen LogP contribution in [0.1, 0.15) is 17.0 Å². The molecular weight excluding hydrogens is 346 g/mol. The standard InChI is InChI=1S/C20H29N3O4/c1-15-18(16(2)27-21-15)13-23-10-8-22(9-11-23)12-17(24)14-26-20-7-5-4-6-19(20)25-3/h4-7,17,24H,8-14H2,1-3H3/t17-/m1/s1. The van der Waals surface area contributed by atoms with Crippen LogP contribution in [0.2, 0.25) is 0 Å². The first kappa shape index (κ1) is 19.7. The Hall–Kier alpha value is -2.09. The fraction of sp³-hybridized carbons (Fsp3) is 0.550. The number of nitrogens with zero attached hydrogens (tertiary/aromatic N) is 3. The van der Waals surface area contributed by atoms with Gasteiger partial charge in [0.05, 0.1) is 12.8 Å². The number of aromatic nitrogens is 1. The minimum absolute atomic E-state index is 0.250. The van der Waals surface area contributed by atoms with E-state index < -0.39 is 6.10 Å². The van der Waals surface area contributed by atoms with Gasteiger partial charge in [-0.05, 0) is 26.0 Å². The number of β-amino-alcohol motifs (C(OH)–C–C–N with tert-alkyl or cyclic N) is 1. The third-order valence-electron chi connectivity index (χ3n) is 5.00. The fourth-order valence-electron chi connectivity index (χ4n) is 3.36. The summed E-state index contributed by atoms with van der Waals surface area (Å²) in [6, 6.07) is 7.48. The van der Waals surface area contributed by atoms with Gasteiger partial charge in [0.25, 0.3) is 0 Å². The maximum atomic E-state index is 10.3. The molecule has 1 aliphatic rings. The largest absolute Gasteiger partial charge is 0.493 e. The van der Waals surface area contributed by atoms with Gasteiger partial charge in [0.1, 0.15) is 18.5 Å². The van der Waals surface area contributed by atoms with Crippen LogP contribution in [0.3, 0.4) is 0 Å². The highest BCUT2D eigenvalue weighted by molar-refractivity contribution is 5.39. The van der Waals surface area contributed by atoms with Crippen LogP contribution in [-0.2, 0) is 6.54 Å². The average molecular weight is 375 g/mol. The molecule has 0 spiro atoms. The highest BCUT2D eigenvalue weighted by Gasteiger charge is 2.21. The maximum Gasteiger partial charge on any atom is 0.161 e. The molecule has 0 bridgehead atoms. The van der Waals surface area contributed by atoms with Crippen molar-refractivity contribution in [3.63, 3.8) is 0 Å². The molecule has 1 N–H and O–H groups in total. The smallest absolute Gasteiger partial charge is 0.161 e. The van der Waals surface area contributed by atoms with Crippen molar-refractivity contribution in [3.05, 3.63) is 41.3 Å². The van der Waals surface area contributed by atoms with Gasteiger partial charge in [0.2, 0.25) is 0 Å². The molecule has 3 rings (SSSR count). The van der Waals surface area contributed by atoms with Crippen molar-refractivity contribution in [3.8, 4) is 11.5 Å². The zero-order valence-corrected chi connectivity index (χ0v) is 16.4. The number of hydrogen-bond acceptors (Lipinski definition) is 7. The van der Waals surface area contributed by atoms with Gasteiger partial charge in [0, 0.05) is 44.8 Å². The molecule has 2 heterocycles. The molecule has 27 heavy (non-hydrogen) atoms. The van der Waals surface area contributed by atoms with E-state index >= 15 is 0 Å². The number of methoxy groups -OCH3 is 1. The van der Waals surface area contributed by atoms with Crippen molar-refractivity contribution in [1.29, 1.82) is 0 Å².